The molecule has 42 heavy (non-hydrogen) atoms. The molecule has 0 aromatic heterocycles. The van der Waals surface area contributed by atoms with Crippen molar-refractivity contribution in [3.63, 3.8) is 0 Å². The van der Waals surface area contributed by atoms with Gasteiger partial charge in [0.25, 0.3) is 0 Å². The molecule has 0 saturated carbocycles. The first-order valence-electron chi connectivity index (χ1n) is 13.8. The summed E-state index contributed by atoms with van der Waals surface area (Å²) in [6, 6.07) is 19.0. The Kier molecular flexibility index (Phi) is 10.3. The zero-order valence-corrected chi connectivity index (χ0v) is 25.9. The van der Waals surface area contributed by atoms with Crippen LogP contribution in [0.5, 0.6) is 0 Å². The van der Waals surface area contributed by atoms with E-state index in [1.807, 2.05) is 84.6 Å². The molecule has 4 rings (SSSR count). The zero-order valence-electron chi connectivity index (χ0n) is 24.4. The van der Waals surface area contributed by atoms with E-state index in [2.05, 4.69) is 0 Å². The SMILES string of the molecule is CN1C(=Nc2ccccc2)[N+](C)(OC(=O)/C=C/C(=O)O[N+]2(C)CC(CCCl)N(C)C2=Nc2ccccc2)CC1CCCl. The predicted molar refractivity (Wildman–Crippen MR) is 164 cm³/mol. The van der Waals surface area contributed by atoms with Crippen LogP contribution in [0.2, 0.25) is 0 Å². The molecule has 0 radical (unpaired) electrons. The largest absolute Gasteiger partial charge is 0.391 e. The average Bonchev–Trinajstić information content (AvgIpc) is 3.32. The number of carbonyl (C=O) groups excluding carboxylic acids is 2. The molecule has 2 fully saturated rings. The Labute approximate surface area is 257 Å². The van der Waals surface area contributed by atoms with Crippen molar-refractivity contribution in [2.45, 2.75) is 24.9 Å². The minimum absolute atomic E-state index is 0.0246. The van der Waals surface area contributed by atoms with E-state index in [4.69, 9.17) is 42.9 Å². The highest BCUT2D eigenvalue weighted by Crippen LogP contribution is 2.29. The summed E-state index contributed by atoms with van der Waals surface area (Å²) < 4.78 is -0.393. The fourth-order valence-corrected chi connectivity index (χ4v) is 5.89. The summed E-state index contributed by atoms with van der Waals surface area (Å²) >= 11 is 12.1. The van der Waals surface area contributed by atoms with Crippen molar-refractivity contribution in [1.82, 2.24) is 9.80 Å². The number of guanidine groups is 2. The summed E-state index contributed by atoms with van der Waals surface area (Å²) in [5.41, 5.74) is 1.47. The highest BCUT2D eigenvalue weighted by atomic mass is 35.5. The van der Waals surface area contributed by atoms with Gasteiger partial charge in [0, 0.05) is 38.0 Å². The first-order valence-corrected chi connectivity index (χ1v) is 14.9. The quantitative estimate of drug-likeness (QED) is 0.220. The number of hydrogen-bond donors (Lipinski definition) is 0. The molecule has 2 aliphatic rings. The molecule has 0 amide bonds. The number of likely N-dealkylation sites (N-methyl/N-ethyl adjacent to an activating group) is 4. The molecule has 0 spiro atoms. The normalized spacial score (nSPS) is 27.8. The van der Waals surface area contributed by atoms with Gasteiger partial charge in [-0.05, 0) is 37.1 Å². The van der Waals surface area contributed by atoms with E-state index < -0.39 is 11.9 Å². The number of rotatable bonds is 10. The lowest BCUT2D eigenvalue weighted by atomic mass is 10.2. The van der Waals surface area contributed by atoms with Crippen molar-refractivity contribution in [2.75, 3.05) is 53.0 Å². The number of halogens is 2. The third-order valence-corrected chi connectivity index (χ3v) is 7.92. The van der Waals surface area contributed by atoms with Gasteiger partial charge in [0.2, 0.25) is 0 Å². The van der Waals surface area contributed by atoms with Crippen molar-refractivity contribution in [2.24, 2.45) is 9.98 Å². The van der Waals surface area contributed by atoms with Gasteiger partial charge in [0.15, 0.2) is 0 Å². The Morgan fingerprint density at radius 3 is 1.45 bits per heavy atom. The van der Waals surface area contributed by atoms with E-state index in [-0.39, 0.29) is 21.4 Å². The van der Waals surface area contributed by atoms with E-state index >= 15 is 0 Å². The molecule has 2 heterocycles. The van der Waals surface area contributed by atoms with Crippen LogP contribution < -0.4 is 0 Å². The number of hydroxylamine groups is 6. The summed E-state index contributed by atoms with van der Waals surface area (Å²) in [6.45, 7) is 0.920. The molecule has 2 aliphatic heterocycles. The second-order valence-corrected chi connectivity index (χ2v) is 11.5. The van der Waals surface area contributed by atoms with Gasteiger partial charge in [-0.25, -0.2) is 9.59 Å². The summed E-state index contributed by atoms with van der Waals surface area (Å²) in [6.07, 6.45) is 3.55. The van der Waals surface area contributed by atoms with Crippen LogP contribution in [0.25, 0.3) is 0 Å². The fourth-order valence-electron chi connectivity index (χ4n) is 5.38. The van der Waals surface area contributed by atoms with Crippen LogP contribution in [-0.2, 0) is 19.3 Å². The van der Waals surface area contributed by atoms with E-state index in [0.29, 0.717) is 49.6 Å². The lowest BCUT2D eigenvalue weighted by molar-refractivity contribution is -0.997. The molecular formula is C30H38Cl2N6O4+2. The molecular weight excluding hydrogens is 579 g/mol. The van der Waals surface area contributed by atoms with Gasteiger partial charge in [-0.1, -0.05) is 45.7 Å². The van der Waals surface area contributed by atoms with Gasteiger partial charge in [-0.2, -0.15) is 9.98 Å². The number of carbonyl (C=O) groups is 2. The van der Waals surface area contributed by atoms with Crippen molar-refractivity contribution < 1.29 is 28.6 Å². The summed E-state index contributed by atoms with van der Waals surface area (Å²) in [7, 11) is 7.36. The van der Waals surface area contributed by atoms with Gasteiger partial charge in [-0.3, -0.25) is 9.68 Å². The summed E-state index contributed by atoms with van der Waals surface area (Å²) in [5.74, 6) is 0.641. The maximum atomic E-state index is 13.0. The van der Waals surface area contributed by atoms with Crippen LogP contribution in [0.4, 0.5) is 11.4 Å². The number of alkyl halides is 2. The number of aliphatic imine (C=N–C) groups is 2. The van der Waals surface area contributed by atoms with E-state index in [1.165, 1.54) is 0 Å². The molecule has 2 saturated heterocycles. The smallest absolute Gasteiger partial charge is 0.302 e. The molecule has 224 valence electrons. The standard InChI is InChI=1S/C30H38Cl2N6O4/c1-35-25(17-19-31)21-37(3,29(35)33-23-11-7-5-8-12-23)41-27(39)15-16-28(40)42-38(4)22-26(18-20-32)36(2)30(38)34-24-13-9-6-10-14-24/h5-16,25-26H,17-22H2,1-4H3/q+2/b16-15+,33-29?,34-30?. The molecule has 12 heteroatoms. The van der Waals surface area contributed by atoms with Crippen LogP contribution in [0.15, 0.2) is 82.8 Å². The number of para-hydroxylation sites is 2. The van der Waals surface area contributed by atoms with Gasteiger partial charge in [0.1, 0.15) is 27.2 Å². The third kappa shape index (κ3) is 7.30. The van der Waals surface area contributed by atoms with Crippen LogP contribution in [-0.4, -0.2) is 108 Å². The summed E-state index contributed by atoms with van der Waals surface area (Å²) in [5, 5.41) is 0. The van der Waals surface area contributed by atoms with Crippen molar-refractivity contribution in [1.29, 1.82) is 0 Å². The molecule has 0 N–H and O–H groups in total. The fraction of sp³-hybridized carbons (Fsp3) is 0.400. The van der Waals surface area contributed by atoms with Gasteiger partial charge >= 0.3 is 23.9 Å². The van der Waals surface area contributed by atoms with Gasteiger partial charge < -0.3 is 9.80 Å². The van der Waals surface area contributed by atoms with Crippen LogP contribution in [0.3, 0.4) is 0 Å². The highest BCUT2D eigenvalue weighted by Gasteiger charge is 2.51. The Morgan fingerprint density at radius 2 is 1.12 bits per heavy atom. The summed E-state index contributed by atoms with van der Waals surface area (Å²) in [4.78, 5) is 51.3. The monoisotopic (exact) mass is 616 g/mol. The Balaban J connectivity index is 1.50. The van der Waals surface area contributed by atoms with Crippen LogP contribution in [0, 0.1) is 0 Å². The molecule has 2 aromatic carbocycles. The van der Waals surface area contributed by atoms with Gasteiger partial charge in [-0.15, -0.1) is 23.2 Å². The molecule has 10 nitrogen and oxygen atoms in total. The lowest BCUT2D eigenvalue weighted by Crippen LogP contribution is -2.49. The maximum absolute atomic E-state index is 13.0. The third-order valence-electron chi connectivity index (χ3n) is 7.48. The minimum Gasteiger partial charge on any atom is -0.302 e. The van der Waals surface area contributed by atoms with Crippen molar-refractivity contribution in [3.8, 4) is 0 Å². The molecule has 0 aliphatic carbocycles. The average molecular weight is 618 g/mol. The topological polar surface area (TPSA) is 83.8 Å². The Bertz CT molecular complexity index is 1240. The number of quaternary nitrogens is 2. The van der Waals surface area contributed by atoms with Crippen molar-refractivity contribution >= 4 is 58.4 Å². The van der Waals surface area contributed by atoms with E-state index in [1.54, 1.807) is 14.1 Å². The molecule has 4 unspecified atom stereocenters. The molecule has 4 atom stereocenters. The minimum atomic E-state index is -0.700. The van der Waals surface area contributed by atoms with Crippen molar-refractivity contribution in [3.05, 3.63) is 72.8 Å². The second kappa shape index (κ2) is 13.7. The first-order chi connectivity index (χ1) is 20.1. The number of benzene rings is 2. The number of hydrogen-bond acceptors (Lipinski definition) is 6. The van der Waals surface area contributed by atoms with Crippen LogP contribution in [0.1, 0.15) is 12.8 Å². The van der Waals surface area contributed by atoms with Gasteiger partial charge in [0.05, 0.1) is 23.5 Å². The highest BCUT2D eigenvalue weighted by molar-refractivity contribution is 6.18. The lowest BCUT2D eigenvalue weighted by Gasteiger charge is -2.25. The predicted octanol–water partition coefficient (Wildman–Crippen LogP) is 4.61. The zero-order chi connectivity index (χ0) is 30.3. The first kappa shape index (κ1) is 31.5. The second-order valence-electron chi connectivity index (χ2n) is 10.7. The maximum Gasteiger partial charge on any atom is 0.391 e. The van der Waals surface area contributed by atoms with E-state index in [9.17, 15) is 9.59 Å². The Morgan fingerprint density at radius 1 is 0.762 bits per heavy atom. The molecule has 0 bridgehead atoms. The number of nitrogens with zero attached hydrogens (tertiary/aromatic N) is 6. The van der Waals surface area contributed by atoms with E-state index in [0.717, 1.165) is 23.5 Å². The molecule has 2 aromatic rings. The van der Waals surface area contributed by atoms with Crippen LogP contribution >= 0.6 is 23.2 Å². The Hall–Kier alpha value is -3.44.